The van der Waals surface area contributed by atoms with Crippen molar-refractivity contribution in [3.05, 3.63) is 107 Å². The highest BCUT2D eigenvalue weighted by Crippen LogP contribution is 2.44. The maximum Gasteiger partial charge on any atom is 0.123 e. The molecule has 0 aromatic heterocycles. The van der Waals surface area contributed by atoms with E-state index in [1.165, 1.54) is 200 Å². The fourth-order valence-electron chi connectivity index (χ4n) is 9.33. The van der Waals surface area contributed by atoms with Crippen LogP contribution in [0.25, 0.3) is 0 Å². The van der Waals surface area contributed by atoms with E-state index in [0.717, 1.165) is 0 Å². The monoisotopic (exact) mass is 911 g/mol. The summed E-state index contributed by atoms with van der Waals surface area (Å²) in [6, 6.07) is 18.1. The molecule has 0 saturated heterocycles. The smallest absolute Gasteiger partial charge is 0.123 e. The van der Waals surface area contributed by atoms with Gasteiger partial charge in [0, 0.05) is 12.0 Å². The van der Waals surface area contributed by atoms with Gasteiger partial charge in [0.1, 0.15) is 17.5 Å². The van der Waals surface area contributed by atoms with E-state index in [1.807, 2.05) is 0 Å². The molecular weight excluding hydrogens is 816 g/mol. The average Bonchev–Trinajstić information content (AvgIpc) is 3.31. The number of benzene rings is 3. The molecule has 0 amide bonds. The number of unbranched alkanes of at least 4 members (excludes halogenated alkanes) is 10. The second-order valence-corrected chi connectivity index (χ2v) is 18.7. The summed E-state index contributed by atoms with van der Waals surface area (Å²) in [5.41, 5.74) is 0.754. The first-order valence-electron chi connectivity index (χ1n) is 26.3. The fourth-order valence-corrected chi connectivity index (χ4v) is 9.33. The van der Waals surface area contributed by atoms with E-state index in [9.17, 15) is 23.2 Å². The molecule has 5 nitrogen and oxygen atoms in total. The molecular formula is C56H94BF3N2O3. The van der Waals surface area contributed by atoms with Crippen LogP contribution < -0.4 is 10.0 Å². The van der Waals surface area contributed by atoms with E-state index < -0.39 is 30.2 Å². The second-order valence-electron chi connectivity index (χ2n) is 18.7. The highest BCUT2D eigenvalue weighted by molar-refractivity contribution is 6.28. The van der Waals surface area contributed by atoms with Crippen LogP contribution in [-0.4, -0.2) is 75.3 Å². The van der Waals surface area contributed by atoms with Gasteiger partial charge in [0.2, 0.25) is 0 Å². The molecule has 0 spiro atoms. The van der Waals surface area contributed by atoms with Gasteiger partial charge < -0.3 is 23.7 Å². The van der Waals surface area contributed by atoms with Crippen molar-refractivity contribution in [2.75, 3.05) is 59.0 Å². The summed E-state index contributed by atoms with van der Waals surface area (Å²) in [5.74, 6) is -1.33. The van der Waals surface area contributed by atoms with Crippen LogP contribution in [-0.2, 0) is 10.1 Å². The largest absolute Gasteiger partial charge is 0.871 e. The standard InChI is InChI=1S/C24H22BF3O3.2C16H36N/c26-21-10-4-7-18(15-21)24(19-8-5-11-22(27)16-19,20-9-6-12-23(28)17-20)13-2-1-3-14-31-25(29)30;2*1-5-9-13-17(14-10-6-2,15-11-7-3)16-12-8-4/h4-12,15-17H,1-3,13-14H2;2*5-16H2,1-4H3/q-2;2*+1. The molecule has 0 aliphatic heterocycles. The fraction of sp³-hybridized carbons (Fsp3) is 0.679. The Morgan fingerprint density at radius 3 is 0.923 bits per heavy atom. The summed E-state index contributed by atoms with van der Waals surface area (Å²) < 4.78 is 50.0. The molecule has 9 heteroatoms. The highest BCUT2D eigenvalue weighted by atomic mass is 19.1. The SMILES string of the molecule is CCCC[N+](CCCC)(CCCC)CCCC.CCCC[N+](CCCC)(CCCC)CCCC.[O-]B([O-])OCCCCCC(c1cccc(F)c1)(c1cccc(F)c1)c1cccc(F)c1. The van der Waals surface area contributed by atoms with Crippen molar-refractivity contribution < 1.29 is 36.8 Å². The zero-order valence-corrected chi connectivity index (χ0v) is 42.8. The average molecular weight is 911 g/mol. The molecule has 65 heavy (non-hydrogen) atoms. The third kappa shape index (κ3) is 23.7. The van der Waals surface area contributed by atoms with Gasteiger partial charge >= 0.3 is 0 Å². The molecule has 370 valence electrons. The molecule has 0 unspecified atom stereocenters. The van der Waals surface area contributed by atoms with Crippen LogP contribution in [0.2, 0.25) is 0 Å². The molecule has 3 aromatic carbocycles. The van der Waals surface area contributed by atoms with E-state index >= 15 is 0 Å². The van der Waals surface area contributed by atoms with Crippen molar-refractivity contribution in [3.8, 4) is 0 Å². The van der Waals surface area contributed by atoms with E-state index in [-0.39, 0.29) is 6.61 Å². The van der Waals surface area contributed by atoms with Crippen LogP contribution in [0.5, 0.6) is 0 Å². The topological polar surface area (TPSA) is 55.3 Å². The zero-order valence-electron chi connectivity index (χ0n) is 42.8. The van der Waals surface area contributed by atoms with Crippen LogP contribution in [0.15, 0.2) is 72.8 Å². The van der Waals surface area contributed by atoms with Crippen molar-refractivity contribution in [1.82, 2.24) is 0 Å². The minimum atomic E-state index is -2.31. The number of halogens is 3. The van der Waals surface area contributed by atoms with Crippen molar-refractivity contribution in [3.63, 3.8) is 0 Å². The molecule has 0 bridgehead atoms. The molecule has 0 aliphatic rings. The lowest BCUT2D eigenvalue weighted by Crippen LogP contribution is -2.50. The van der Waals surface area contributed by atoms with Gasteiger partial charge in [-0.2, -0.15) is 0 Å². The van der Waals surface area contributed by atoms with E-state index in [1.54, 1.807) is 36.4 Å². The van der Waals surface area contributed by atoms with Crippen LogP contribution in [0.3, 0.4) is 0 Å². The molecule has 3 aromatic rings. The summed E-state index contributed by atoms with van der Waals surface area (Å²) >= 11 is 0. The maximum absolute atomic E-state index is 14.2. The number of hydrogen-bond acceptors (Lipinski definition) is 3. The Balaban J connectivity index is 0.000000532. The van der Waals surface area contributed by atoms with Crippen LogP contribution in [0.1, 0.15) is 200 Å². The van der Waals surface area contributed by atoms with Crippen molar-refractivity contribution in [2.24, 2.45) is 0 Å². The highest BCUT2D eigenvalue weighted by Gasteiger charge is 2.37. The molecule has 0 radical (unpaired) electrons. The first-order valence-corrected chi connectivity index (χ1v) is 26.3. The predicted octanol–water partition coefficient (Wildman–Crippen LogP) is 13.7. The van der Waals surface area contributed by atoms with Gasteiger partial charge in [-0.25, -0.2) is 13.2 Å². The van der Waals surface area contributed by atoms with E-state index in [2.05, 4.69) is 60.0 Å². The van der Waals surface area contributed by atoms with Crippen LogP contribution in [0, 0.1) is 17.5 Å². The quantitative estimate of drug-likeness (QED) is 0.0260. The Kier molecular flexibility index (Phi) is 33.8. The van der Waals surface area contributed by atoms with Crippen molar-refractivity contribution in [1.29, 1.82) is 0 Å². The molecule has 0 saturated carbocycles. The number of rotatable bonds is 34. The molecule has 3 rings (SSSR count). The van der Waals surface area contributed by atoms with Crippen LogP contribution in [0.4, 0.5) is 13.2 Å². The maximum atomic E-state index is 14.2. The third-order valence-electron chi connectivity index (χ3n) is 13.3. The lowest BCUT2D eigenvalue weighted by molar-refractivity contribution is -0.929. The van der Waals surface area contributed by atoms with Gasteiger partial charge in [-0.1, -0.05) is 156 Å². The Hall–Kier alpha value is -2.69. The summed E-state index contributed by atoms with van der Waals surface area (Å²) in [6.45, 7) is 30.1. The van der Waals surface area contributed by atoms with Gasteiger partial charge in [-0.3, -0.25) is 0 Å². The van der Waals surface area contributed by atoms with Gasteiger partial charge in [-0.05, 0) is 117 Å². The normalized spacial score (nSPS) is 11.8. The Morgan fingerprint density at radius 2 is 0.692 bits per heavy atom. The predicted molar refractivity (Wildman–Crippen MR) is 268 cm³/mol. The number of quaternary nitrogens is 2. The minimum absolute atomic E-state index is 0.0462. The first kappa shape index (κ1) is 60.3. The van der Waals surface area contributed by atoms with Crippen LogP contribution >= 0.6 is 0 Å². The van der Waals surface area contributed by atoms with Gasteiger partial charge in [0.25, 0.3) is 0 Å². The molecule has 0 aliphatic carbocycles. The second kappa shape index (κ2) is 36.4. The lowest BCUT2D eigenvalue weighted by Gasteiger charge is -2.39. The Labute approximate surface area is 397 Å². The molecule has 0 atom stereocenters. The summed E-state index contributed by atoms with van der Waals surface area (Å²) in [6.07, 6.45) is 24.3. The van der Waals surface area contributed by atoms with Gasteiger partial charge in [-0.15, -0.1) is 0 Å². The van der Waals surface area contributed by atoms with Gasteiger partial charge in [0.05, 0.1) is 59.7 Å². The third-order valence-corrected chi connectivity index (χ3v) is 13.3. The number of hydrogen-bond donors (Lipinski definition) is 0. The minimum Gasteiger partial charge on any atom is -0.871 e. The Morgan fingerprint density at radius 1 is 0.415 bits per heavy atom. The summed E-state index contributed by atoms with van der Waals surface area (Å²) in [5, 5.41) is 21.0. The first-order chi connectivity index (χ1) is 31.4. The van der Waals surface area contributed by atoms with Crippen molar-refractivity contribution >= 4 is 7.32 Å². The van der Waals surface area contributed by atoms with Crippen molar-refractivity contribution in [2.45, 2.75) is 189 Å². The summed E-state index contributed by atoms with van der Waals surface area (Å²) in [7, 11) is -2.31. The molecule has 0 heterocycles. The lowest BCUT2D eigenvalue weighted by atomic mass is 9.66. The Bertz CT molecular complexity index is 1370. The zero-order chi connectivity index (χ0) is 48.2. The van der Waals surface area contributed by atoms with E-state index in [4.69, 9.17) is 0 Å². The van der Waals surface area contributed by atoms with E-state index in [0.29, 0.717) is 42.4 Å². The summed E-state index contributed by atoms with van der Waals surface area (Å²) in [4.78, 5) is 0. The van der Waals surface area contributed by atoms with Gasteiger partial charge in [0.15, 0.2) is 0 Å². The molecule has 0 N–H and O–H groups in total. The number of nitrogens with zero attached hydrogens (tertiary/aromatic N) is 2. The molecule has 0 fully saturated rings.